The van der Waals surface area contributed by atoms with Crippen molar-refractivity contribution in [1.82, 2.24) is 24.9 Å². The number of aromatic nitrogens is 4. The summed E-state index contributed by atoms with van der Waals surface area (Å²) in [5.41, 5.74) is 2.67. The van der Waals surface area contributed by atoms with Crippen LogP contribution in [0.3, 0.4) is 0 Å². The number of hydrogen-bond acceptors (Lipinski definition) is 3. The van der Waals surface area contributed by atoms with E-state index in [0.29, 0.717) is 13.1 Å². The molecule has 0 unspecified atom stereocenters. The fraction of sp³-hybridized carbons (Fsp3) is 0.538. The molecule has 0 radical (unpaired) electrons. The maximum Gasteiger partial charge on any atom is 0.257 e. The Morgan fingerprint density at radius 3 is 2.80 bits per heavy atom. The average molecular weight is 283 g/mol. The van der Waals surface area contributed by atoms with E-state index in [9.17, 15) is 8.78 Å². The Morgan fingerprint density at radius 2 is 2.15 bits per heavy atom. The third-order valence-electron chi connectivity index (χ3n) is 3.16. The fourth-order valence-electron chi connectivity index (χ4n) is 1.97. The first-order valence-electron chi connectivity index (χ1n) is 6.62. The lowest BCUT2D eigenvalue weighted by Gasteiger charge is -2.05. The summed E-state index contributed by atoms with van der Waals surface area (Å²) in [4.78, 5) is 0. The second kappa shape index (κ2) is 6.60. The molecule has 0 spiro atoms. The maximum absolute atomic E-state index is 12.3. The van der Waals surface area contributed by atoms with Gasteiger partial charge in [0.2, 0.25) is 0 Å². The molecule has 0 aliphatic heterocycles. The summed E-state index contributed by atoms with van der Waals surface area (Å²) in [6.07, 6.45) is 1.19. The predicted molar refractivity (Wildman–Crippen MR) is 71.4 cm³/mol. The lowest BCUT2D eigenvalue weighted by Crippen LogP contribution is -2.15. The van der Waals surface area contributed by atoms with Crippen molar-refractivity contribution in [3.8, 4) is 0 Å². The number of halogens is 2. The summed E-state index contributed by atoms with van der Waals surface area (Å²) in [6.45, 7) is 5.57. The molecule has 110 valence electrons. The third kappa shape index (κ3) is 3.63. The number of rotatable bonds is 7. The Bertz CT molecular complexity index is 547. The number of hydrogen-bond donors (Lipinski definition) is 1. The normalized spacial score (nSPS) is 11.4. The highest BCUT2D eigenvalue weighted by molar-refractivity contribution is 5.16. The molecule has 2 rings (SSSR count). The highest BCUT2D eigenvalue weighted by Gasteiger charge is 2.10. The molecule has 5 nitrogen and oxygen atoms in total. The Balaban J connectivity index is 1.86. The van der Waals surface area contributed by atoms with Gasteiger partial charge in [-0.3, -0.25) is 9.36 Å². The lowest BCUT2D eigenvalue weighted by molar-refractivity contribution is 0.121. The van der Waals surface area contributed by atoms with E-state index in [0.717, 1.165) is 23.5 Å². The molecule has 2 heterocycles. The zero-order valence-electron chi connectivity index (χ0n) is 11.7. The van der Waals surface area contributed by atoms with Crippen LogP contribution >= 0.6 is 0 Å². The van der Waals surface area contributed by atoms with Crippen molar-refractivity contribution in [1.29, 1.82) is 0 Å². The zero-order chi connectivity index (χ0) is 14.5. The monoisotopic (exact) mass is 283 g/mol. The minimum absolute atomic E-state index is 0.354. The quantitative estimate of drug-likeness (QED) is 0.845. The van der Waals surface area contributed by atoms with Crippen LogP contribution in [0.15, 0.2) is 18.5 Å². The first kappa shape index (κ1) is 14.6. The number of aryl methyl sites for hydroxylation is 1. The molecule has 0 saturated heterocycles. The van der Waals surface area contributed by atoms with E-state index in [1.165, 1.54) is 4.68 Å². The molecule has 0 aliphatic rings. The van der Waals surface area contributed by atoms with E-state index in [1.54, 1.807) is 13.1 Å². The zero-order valence-corrected chi connectivity index (χ0v) is 11.7. The summed E-state index contributed by atoms with van der Waals surface area (Å²) in [6, 6.07) is 1.96. The van der Waals surface area contributed by atoms with Crippen molar-refractivity contribution in [2.75, 3.05) is 0 Å². The van der Waals surface area contributed by atoms with Crippen LogP contribution in [0.5, 0.6) is 0 Å². The average Bonchev–Trinajstić information content (AvgIpc) is 2.99. The summed E-state index contributed by atoms with van der Waals surface area (Å²) in [5, 5.41) is 11.6. The van der Waals surface area contributed by atoms with E-state index in [1.807, 2.05) is 23.9 Å². The van der Waals surface area contributed by atoms with Crippen molar-refractivity contribution < 1.29 is 8.78 Å². The third-order valence-corrected chi connectivity index (χ3v) is 3.16. The van der Waals surface area contributed by atoms with Gasteiger partial charge in [0.15, 0.2) is 0 Å². The number of alkyl halides is 2. The second-order valence-electron chi connectivity index (χ2n) is 4.59. The van der Waals surface area contributed by atoms with Gasteiger partial charge in [-0.05, 0) is 19.9 Å². The van der Waals surface area contributed by atoms with E-state index in [4.69, 9.17) is 0 Å². The summed E-state index contributed by atoms with van der Waals surface area (Å²) < 4.78 is 27.9. The standard InChI is InChI=1S/C13H19F2N5/c1-3-19-5-4-12(18-19)8-16-6-11-7-17-20(10(11)2)9-13(14)15/h4-5,7,13,16H,3,6,8-9H2,1-2H3. The van der Waals surface area contributed by atoms with Gasteiger partial charge in [-0.15, -0.1) is 0 Å². The molecule has 20 heavy (non-hydrogen) atoms. The molecule has 0 bridgehead atoms. The first-order chi connectivity index (χ1) is 9.60. The smallest absolute Gasteiger partial charge is 0.257 e. The highest BCUT2D eigenvalue weighted by Crippen LogP contribution is 2.09. The van der Waals surface area contributed by atoms with Crippen molar-refractivity contribution in [3.05, 3.63) is 35.4 Å². The lowest BCUT2D eigenvalue weighted by atomic mass is 10.2. The minimum atomic E-state index is -2.38. The van der Waals surface area contributed by atoms with Crippen molar-refractivity contribution in [3.63, 3.8) is 0 Å². The van der Waals surface area contributed by atoms with Crippen molar-refractivity contribution >= 4 is 0 Å². The number of nitrogens with zero attached hydrogens (tertiary/aromatic N) is 4. The molecular formula is C13H19F2N5. The minimum Gasteiger partial charge on any atom is -0.307 e. The molecule has 2 aromatic rings. The van der Waals surface area contributed by atoms with Crippen LogP contribution in [0.2, 0.25) is 0 Å². The fourth-order valence-corrected chi connectivity index (χ4v) is 1.97. The van der Waals surface area contributed by atoms with Crippen LogP contribution in [0, 0.1) is 6.92 Å². The Morgan fingerprint density at radius 1 is 1.35 bits per heavy atom. The van der Waals surface area contributed by atoms with Gasteiger partial charge in [0, 0.05) is 37.1 Å². The van der Waals surface area contributed by atoms with Crippen molar-refractivity contribution in [2.24, 2.45) is 0 Å². The van der Waals surface area contributed by atoms with E-state index in [2.05, 4.69) is 15.5 Å². The molecule has 0 saturated carbocycles. The largest absolute Gasteiger partial charge is 0.307 e. The molecule has 0 fully saturated rings. The van der Waals surface area contributed by atoms with Crippen LogP contribution in [0.25, 0.3) is 0 Å². The van der Waals surface area contributed by atoms with E-state index < -0.39 is 6.43 Å². The highest BCUT2D eigenvalue weighted by atomic mass is 19.3. The molecule has 0 atom stereocenters. The molecule has 0 amide bonds. The number of nitrogens with one attached hydrogen (secondary N) is 1. The van der Waals surface area contributed by atoms with Gasteiger partial charge in [-0.2, -0.15) is 10.2 Å². The van der Waals surface area contributed by atoms with Gasteiger partial charge in [-0.1, -0.05) is 0 Å². The van der Waals surface area contributed by atoms with Gasteiger partial charge in [0.05, 0.1) is 11.9 Å². The van der Waals surface area contributed by atoms with Gasteiger partial charge in [0.1, 0.15) is 6.54 Å². The van der Waals surface area contributed by atoms with Crippen LogP contribution in [0.1, 0.15) is 23.9 Å². The second-order valence-corrected chi connectivity index (χ2v) is 4.59. The maximum atomic E-state index is 12.3. The van der Waals surface area contributed by atoms with Crippen LogP contribution < -0.4 is 5.32 Å². The van der Waals surface area contributed by atoms with Crippen LogP contribution in [-0.4, -0.2) is 26.0 Å². The molecule has 7 heteroatoms. The summed E-state index contributed by atoms with van der Waals surface area (Å²) in [7, 11) is 0. The first-order valence-corrected chi connectivity index (χ1v) is 6.62. The molecule has 2 aromatic heterocycles. The SMILES string of the molecule is CCn1ccc(CNCc2cnn(CC(F)F)c2C)n1. The van der Waals surface area contributed by atoms with E-state index in [-0.39, 0.29) is 6.54 Å². The van der Waals surface area contributed by atoms with Crippen LogP contribution in [0.4, 0.5) is 8.78 Å². The molecule has 0 aromatic carbocycles. The summed E-state index contributed by atoms with van der Waals surface area (Å²) in [5.74, 6) is 0. The molecule has 0 aliphatic carbocycles. The predicted octanol–water partition coefficient (Wildman–Crippen LogP) is 1.96. The van der Waals surface area contributed by atoms with E-state index >= 15 is 0 Å². The molecule has 1 N–H and O–H groups in total. The molecular weight excluding hydrogens is 264 g/mol. The van der Waals surface area contributed by atoms with Gasteiger partial charge in [-0.25, -0.2) is 8.78 Å². The summed E-state index contributed by atoms with van der Waals surface area (Å²) >= 11 is 0. The van der Waals surface area contributed by atoms with Gasteiger partial charge >= 0.3 is 0 Å². The Labute approximate surface area is 116 Å². The van der Waals surface area contributed by atoms with Gasteiger partial charge in [0.25, 0.3) is 6.43 Å². The van der Waals surface area contributed by atoms with Crippen LogP contribution in [-0.2, 0) is 26.2 Å². The Hall–Kier alpha value is -1.76. The Kier molecular flexibility index (Phi) is 4.84. The van der Waals surface area contributed by atoms with Gasteiger partial charge < -0.3 is 5.32 Å². The topological polar surface area (TPSA) is 47.7 Å². The van der Waals surface area contributed by atoms with Crippen molar-refractivity contribution in [2.45, 2.75) is 46.5 Å².